The van der Waals surface area contributed by atoms with Crippen molar-refractivity contribution >= 4 is 34.1 Å². The van der Waals surface area contributed by atoms with E-state index in [0.717, 1.165) is 11.8 Å². The Balaban J connectivity index is 0.925. The van der Waals surface area contributed by atoms with Gasteiger partial charge in [-0.25, -0.2) is 0 Å². The summed E-state index contributed by atoms with van der Waals surface area (Å²) in [5.41, 5.74) is 17.3. The van der Waals surface area contributed by atoms with E-state index >= 15 is 0 Å². The maximum atomic E-state index is 2.53. The van der Waals surface area contributed by atoms with Crippen LogP contribution in [0, 0.1) is 23.7 Å². The Morgan fingerprint density at radius 3 is 1.40 bits per heavy atom. The van der Waals surface area contributed by atoms with Crippen molar-refractivity contribution in [1.29, 1.82) is 0 Å². The van der Waals surface area contributed by atoms with Gasteiger partial charge in [0.25, 0.3) is 0 Å². The van der Waals surface area contributed by atoms with Crippen LogP contribution in [0.2, 0.25) is 0 Å². The number of nitrogens with zero attached hydrogens (tertiary/aromatic N) is 2. The van der Waals surface area contributed by atoms with E-state index < -0.39 is 0 Å². The van der Waals surface area contributed by atoms with E-state index in [2.05, 4.69) is 200 Å². The van der Waals surface area contributed by atoms with Crippen molar-refractivity contribution in [3.8, 4) is 11.1 Å². The van der Waals surface area contributed by atoms with Gasteiger partial charge < -0.3 is 9.80 Å². The highest BCUT2D eigenvalue weighted by atomic mass is 15.1. The molecule has 2 nitrogen and oxygen atoms in total. The first-order valence-corrected chi connectivity index (χ1v) is 24.2. The summed E-state index contributed by atoms with van der Waals surface area (Å²) >= 11 is 0. The molecule has 7 aromatic carbocycles. The molecule has 314 valence electrons. The van der Waals surface area contributed by atoms with Gasteiger partial charge in [0.1, 0.15) is 0 Å². The summed E-state index contributed by atoms with van der Waals surface area (Å²) in [5, 5.41) is 0. The lowest BCUT2D eigenvalue weighted by Gasteiger charge is -2.62. The molecular weight excluding hydrogens is 761 g/mol. The van der Waals surface area contributed by atoms with Gasteiger partial charge in [0.2, 0.25) is 0 Å². The minimum atomic E-state index is -0.0627. The lowest BCUT2D eigenvalue weighted by atomic mass is 9.42. The fourth-order valence-electron chi connectivity index (χ4n) is 14.0. The monoisotopic (exact) mass is 820 g/mol. The molecule has 0 N–H and O–H groups in total. The Morgan fingerprint density at radius 2 is 0.841 bits per heavy atom. The van der Waals surface area contributed by atoms with Gasteiger partial charge in [-0.15, -0.1) is 0 Å². The third kappa shape index (κ3) is 6.42. The fraction of sp³-hybridized carbons (Fsp3) is 0.311. The number of benzene rings is 7. The molecule has 2 heteroatoms. The highest BCUT2D eigenvalue weighted by molar-refractivity contribution is 5.85. The molecular formula is C61H60N2. The fourth-order valence-corrected chi connectivity index (χ4v) is 14.0. The van der Waals surface area contributed by atoms with Crippen LogP contribution >= 0.6 is 0 Å². The van der Waals surface area contributed by atoms with Crippen LogP contribution in [0.1, 0.15) is 112 Å². The van der Waals surface area contributed by atoms with Crippen LogP contribution in [0.5, 0.6) is 0 Å². The zero-order chi connectivity index (χ0) is 42.1. The molecule has 0 aromatic heterocycles. The van der Waals surface area contributed by atoms with Crippen LogP contribution in [0.15, 0.2) is 176 Å². The van der Waals surface area contributed by atoms with E-state index in [4.69, 9.17) is 0 Å². The quantitative estimate of drug-likeness (QED) is 0.143. The minimum Gasteiger partial charge on any atom is -0.311 e. The third-order valence-electron chi connectivity index (χ3n) is 16.7. The molecule has 0 radical (unpaired) electrons. The Hall–Kier alpha value is -5.86. The van der Waals surface area contributed by atoms with Crippen molar-refractivity contribution in [2.45, 2.75) is 94.8 Å². The topological polar surface area (TPSA) is 6.48 Å². The first-order chi connectivity index (χ1) is 30.9. The van der Waals surface area contributed by atoms with Crippen LogP contribution < -0.4 is 9.80 Å². The molecule has 4 bridgehead atoms. The van der Waals surface area contributed by atoms with Crippen molar-refractivity contribution in [3.05, 3.63) is 204 Å². The number of hydrogen-bond acceptors (Lipinski definition) is 2. The van der Waals surface area contributed by atoms with Crippen molar-refractivity contribution < 1.29 is 0 Å². The zero-order valence-corrected chi connectivity index (χ0v) is 37.1. The Labute approximate surface area is 375 Å². The average molecular weight is 821 g/mol. The van der Waals surface area contributed by atoms with Gasteiger partial charge in [0.15, 0.2) is 0 Å². The van der Waals surface area contributed by atoms with E-state index in [1.807, 2.05) is 0 Å². The van der Waals surface area contributed by atoms with Gasteiger partial charge in [-0.2, -0.15) is 0 Å². The largest absolute Gasteiger partial charge is 0.311 e. The summed E-state index contributed by atoms with van der Waals surface area (Å²) in [6.45, 7) is 4.77. The van der Waals surface area contributed by atoms with Gasteiger partial charge in [-0.05, 0) is 186 Å². The molecule has 0 unspecified atom stereocenters. The molecule has 0 aliphatic heterocycles. The molecule has 0 amide bonds. The summed E-state index contributed by atoms with van der Waals surface area (Å²) in [4.78, 5) is 4.94. The molecule has 0 atom stereocenters. The molecule has 6 aliphatic carbocycles. The highest BCUT2D eigenvalue weighted by Gasteiger charge is 2.58. The summed E-state index contributed by atoms with van der Waals surface area (Å²) in [6, 6.07) is 67.5. The molecule has 0 spiro atoms. The molecule has 63 heavy (non-hydrogen) atoms. The standard InChI is InChI=1S/C61H60N2/c1-60(2)58-21-13-12-20-56(58)57-35-34-55(41-59(57)60)63(51-18-10-5-11-19-51)54-32-26-47(27-33-54)61(48-37-42-36-43(39-48)40-49(61)38-42)46-24-30-53(31-25-46)62(50-16-8-4-9-17-50)52-28-22-45(23-29-52)44-14-6-3-7-15-44/h4-5,8-13,16-35,41-44,48-49H,3,6-7,14-15,36-40H2,1-2H3. The van der Waals surface area contributed by atoms with Crippen LogP contribution in [0.3, 0.4) is 0 Å². The Bertz CT molecular complexity index is 2700. The molecule has 6 aliphatic rings. The smallest absolute Gasteiger partial charge is 0.0465 e. The lowest BCUT2D eigenvalue weighted by molar-refractivity contribution is -0.0418. The number of rotatable bonds is 9. The highest BCUT2D eigenvalue weighted by Crippen LogP contribution is 2.65. The maximum Gasteiger partial charge on any atom is 0.0465 e. The second kappa shape index (κ2) is 15.4. The first kappa shape index (κ1) is 38.8. The Kier molecular flexibility index (Phi) is 9.51. The molecule has 5 saturated carbocycles. The van der Waals surface area contributed by atoms with Gasteiger partial charge in [-0.1, -0.05) is 136 Å². The Morgan fingerprint density at radius 1 is 0.397 bits per heavy atom. The van der Waals surface area contributed by atoms with E-state index in [0.29, 0.717) is 17.8 Å². The molecule has 13 rings (SSSR count). The normalized spacial score (nSPS) is 24.2. The zero-order valence-electron chi connectivity index (χ0n) is 37.1. The van der Waals surface area contributed by atoms with Crippen molar-refractivity contribution in [1.82, 2.24) is 0 Å². The van der Waals surface area contributed by atoms with E-state index in [9.17, 15) is 0 Å². The summed E-state index contributed by atoms with van der Waals surface area (Å²) in [5.74, 6) is 3.79. The number of anilines is 6. The third-order valence-corrected chi connectivity index (χ3v) is 16.7. The van der Waals surface area contributed by atoms with Crippen molar-refractivity contribution in [3.63, 3.8) is 0 Å². The maximum absolute atomic E-state index is 2.53. The van der Waals surface area contributed by atoms with Gasteiger partial charge in [0.05, 0.1) is 0 Å². The van der Waals surface area contributed by atoms with Crippen LogP contribution in [-0.2, 0) is 10.8 Å². The summed E-state index contributed by atoms with van der Waals surface area (Å²) in [7, 11) is 0. The number of hydrogen-bond donors (Lipinski definition) is 0. The predicted molar refractivity (Wildman–Crippen MR) is 263 cm³/mol. The number of para-hydroxylation sites is 2. The minimum absolute atomic E-state index is 0.00461. The van der Waals surface area contributed by atoms with Gasteiger partial charge >= 0.3 is 0 Å². The van der Waals surface area contributed by atoms with Gasteiger partial charge in [0, 0.05) is 45.0 Å². The van der Waals surface area contributed by atoms with Crippen molar-refractivity contribution in [2.75, 3.05) is 9.80 Å². The van der Waals surface area contributed by atoms with E-state index in [1.54, 1.807) is 0 Å². The van der Waals surface area contributed by atoms with Gasteiger partial charge in [-0.3, -0.25) is 0 Å². The second-order valence-electron chi connectivity index (χ2n) is 20.4. The van der Waals surface area contributed by atoms with Crippen LogP contribution in [0.25, 0.3) is 11.1 Å². The van der Waals surface area contributed by atoms with E-state index in [1.165, 1.54) is 137 Å². The first-order valence-electron chi connectivity index (χ1n) is 24.2. The van der Waals surface area contributed by atoms with Crippen LogP contribution in [-0.4, -0.2) is 0 Å². The summed E-state index contributed by atoms with van der Waals surface area (Å²) in [6.07, 6.45) is 13.6. The molecule has 7 aromatic rings. The SMILES string of the molecule is CC1(C)c2ccccc2-c2ccc(N(c3ccccc3)c3ccc(C4(c5ccc(N(c6ccccc6)c6ccc(C7CCCCC7)cc6)cc5)C5CC6CC(C5)CC4C6)cc3)cc21. The molecule has 0 saturated heterocycles. The van der Waals surface area contributed by atoms with Crippen molar-refractivity contribution in [2.24, 2.45) is 23.7 Å². The molecule has 0 heterocycles. The molecule has 5 fully saturated rings. The van der Waals surface area contributed by atoms with Crippen LogP contribution in [0.4, 0.5) is 34.1 Å². The lowest BCUT2D eigenvalue weighted by Crippen LogP contribution is -2.56. The summed E-state index contributed by atoms with van der Waals surface area (Å²) < 4.78 is 0. The second-order valence-corrected chi connectivity index (χ2v) is 20.4. The number of fused-ring (bicyclic) bond motifs is 3. The average Bonchev–Trinajstić information content (AvgIpc) is 3.56. The van der Waals surface area contributed by atoms with E-state index in [-0.39, 0.29) is 10.8 Å². The predicted octanol–water partition coefficient (Wildman–Crippen LogP) is 16.7.